The maximum atomic E-state index is 12.4. The number of hydrogen-bond donors (Lipinski definition) is 2. The molecule has 1 amide bonds. The number of methoxy groups -OCH3 is 1. The van der Waals surface area contributed by atoms with Crippen LogP contribution in [-0.2, 0) is 27.9 Å². The van der Waals surface area contributed by atoms with Gasteiger partial charge in [0.15, 0.2) is 0 Å². The number of benzene rings is 2. The second-order valence-electron chi connectivity index (χ2n) is 6.02. The Labute approximate surface area is 163 Å². The second-order valence-corrected chi connectivity index (χ2v) is 7.78. The molecule has 0 aliphatic rings. The standard InChI is InChI=1S/C20H20N2O5S/c1-26-14-15-4-2-5-17(12-15)22-20(23)16-7-9-19(10-8-16)28(24,25)21-13-18-6-3-11-27-18/h2-12,21H,13-14H2,1H3,(H,22,23). The summed E-state index contributed by atoms with van der Waals surface area (Å²) in [5, 5.41) is 2.79. The van der Waals surface area contributed by atoms with Crippen molar-refractivity contribution < 1.29 is 22.4 Å². The van der Waals surface area contributed by atoms with Gasteiger partial charge in [0, 0.05) is 18.4 Å². The van der Waals surface area contributed by atoms with Gasteiger partial charge in [-0.05, 0) is 54.1 Å². The minimum absolute atomic E-state index is 0.0510. The van der Waals surface area contributed by atoms with E-state index in [0.29, 0.717) is 23.6 Å². The molecule has 3 rings (SSSR count). The Morgan fingerprint density at radius 3 is 2.54 bits per heavy atom. The zero-order valence-electron chi connectivity index (χ0n) is 15.2. The summed E-state index contributed by atoms with van der Waals surface area (Å²) < 4.78 is 37.3. The number of carbonyl (C=O) groups excluding carboxylic acids is 1. The molecule has 7 nitrogen and oxygen atoms in total. The van der Waals surface area contributed by atoms with Gasteiger partial charge in [0.1, 0.15) is 5.76 Å². The molecule has 0 unspecified atom stereocenters. The molecular formula is C20H20N2O5S. The summed E-state index contributed by atoms with van der Waals surface area (Å²) in [6, 6.07) is 16.4. The van der Waals surface area contributed by atoms with Gasteiger partial charge in [0.2, 0.25) is 10.0 Å². The van der Waals surface area contributed by atoms with E-state index in [9.17, 15) is 13.2 Å². The van der Waals surface area contributed by atoms with Crippen LogP contribution < -0.4 is 10.0 Å². The second kappa shape index (κ2) is 8.83. The normalized spacial score (nSPS) is 11.3. The first-order valence-electron chi connectivity index (χ1n) is 8.49. The molecule has 2 aromatic carbocycles. The van der Waals surface area contributed by atoms with Crippen molar-refractivity contribution in [1.82, 2.24) is 4.72 Å². The van der Waals surface area contributed by atoms with Crippen LogP contribution in [0, 0.1) is 0 Å². The molecule has 0 atom stereocenters. The van der Waals surface area contributed by atoms with Crippen molar-refractivity contribution in [3.05, 3.63) is 83.8 Å². The van der Waals surface area contributed by atoms with E-state index in [4.69, 9.17) is 9.15 Å². The molecule has 0 aliphatic carbocycles. The van der Waals surface area contributed by atoms with Crippen LogP contribution in [0.3, 0.4) is 0 Å². The summed E-state index contributed by atoms with van der Waals surface area (Å²) in [5.41, 5.74) is 1.92. The molecule has 1 aromatic heterocycles. The van der Waals surface area contributed by atoms with Crippen molar-refractivity contribution in [2.45, 2.75) is 18.0 Å². The summed E-state index contributed by atoms with van der Waals surface area (Å²) in [7, 11) is -2.10. The average Bonchev–Trinajstić information content (AvgIpc) is 3.21. The van der Waals surface area contributed by atoms with Crippen LogP contribution in [0.1, 0.15) is 21.7 Å². The zero-order chi connectivity index (χ0) is 20.0. The van der Waals surface area contributed by atoms with Crippen LogP contribution in [0.5, 0.6) is 0 Å². The molecule has 0 fully saturated rings. The predicted molar refractivity (Wildman–Crippen MR) is 104 cm³/mol. The SMILES string of the molecule is COCc1cccc(NC(=O)c2ccc(S(=O)(=O)NCc3ccco3)cc2)c1. The lowest BCUT2D eigenvalue weighted by Crippen LogP contribution is -2.23. The monoisotopic (exact) mass is 400 g/mol. The molecule has 2 N–H and O–H groups in total. The molecule has 0 saturated carbocycles. The fraction of sp³-hybridized carbons (Fsp3) is 0.150. The molecule has 0 bridgehead atoms. The van der Waals surface area contributed by atoms with Crippen LogP contribution in [0.2, 0.25) is 0 Å². The van der Waals surface area contributed by atoms with Crippen LogP contribution in [-0.4, -0.2) is 21.4 Å². The van der Waals surface area contributed by atoms with Crippen LogP contribution in [0.15, 0.2) is 76.2 Å². The predicted octanol–water partition coefficient (Wildman–Crippen LogP) is 3.16. The van der Waals surface area contributed by atoms with E-state index in [0.717, 1.165) is 5.56 Å². The quantitative estimate of drug-likeness (QED) is 0.605. The van der Waals surface area contributed by atoms with Crippen molar-refractivity contribution >= 4 is 21.6 Å². The van der Waals surface area contributed by atoms with Gasteiger partial charge in [-0.3, -0.25) is 4.79 Å². The van der Waals surface area contributed by atoms with Gasteiger partial charge in [-0.25, -0.2) is 13.1 Å². The number of ether oxygens (including phenoxy) is 1. The lowest BCUT2D eigenvalue weighted by Gasteiger charge is -2.09. The molecule has 0 saturated heterocycles. The van der Waals surface area contributed by atoms with Crippen LogP contribution in [0.4, 0.5) is 5.69 Å². The molecule has 8 heteroatoms. The number of hydrogen-bond acceptors (Lipinski definition) is 5. The lowest BCUT2D eigenvalue weighted by atomic mass is 10.2. The minimum Gasteiger partial charge on any atom is -0.468 e. The van der Waals surface area contributed by atoms with Gasteiger partial charge in [0.25, 0.3) is 5.91 Å². The first-order chi connectivity index (χ1) is 13.5. The average molecular weight is 400 g/mol. The fourth-order valence-corrected chi connectivity index (χ4v) is 3.55. The summed E-state index contributed by atoms with van der Waals surface area (Å²) in [6.45, 7) is 0.497. The van der Waals surface area contributed by atoms with E-state index in [1.54, 1.807) is 25.3 Å². The Morgan fingerprint density at radius 2 is 1.86 bits per heavy atom. The smallest absolute Gasteiger partial charge is 0.255 e. The number of nitrogens with one attached hydrogen (secondary N) is 2. The summed E-state index contributed by atoms with van der Waals surface area (Å²) in [4.78, 5) is 12.5. The van der Waals surface area contributed by atoms with Crippen molar-refractivity contribution in [1.29, 1.82) is 0 Å². The highest BCUT2D eigenvalue weighted by molar-refractivity contribution is 7.89. The number of sulfonamides is 1. The van der Waals surface area contributed by atoms with Crippen molar-refractivity contribution in [3.63, 3.8) is 0 Å². The highest BCUT2D eigenvalue weighted by Gasteiger charge is 2.15. The molecule has 0 radical (unpaired) electrons. The summed E-state index contributed by atoms with van der Waals surface area (Å²) in [5.74, 6) is 0.178. The molecule has 0 spiro atoms. The van der Waals surface area contributed by atoms with Crippen LogP contribution in [0.25, 0.3) is 0 Å². The number of furan rings is 1. The first kappa shape index (κ1) is 19.8. The Hall–Kier alpha value is -2.94. The van der Waals surface area contributed by atoms with Crippen LogP contribution >= 0.6 is 0 Å². The van der Waals surface area contributed by atoms with Gasteiger partial charge >= 0.3 is 0 Å². The van der Waals surface area contributed by atoms with E-state index < -0.39 is 10.0 Å². The highest BCUT2D eigenvalue weighted by atomic mass is 32.2. The van der Waals surface area contributed by atoms with Crippen molar-refractivity contribution in [2.75, 3.05) is 12.4 Å². The lowest BCUT2D eigenvalue weighted by molar-refractivity contribution is 0.102. The van der Waals surface area contributed by atoms with E-state index in [-0.39, 0.29) is 17.3 Å². The molecule has 0 aliphatic heterocycles. The first-order valence-corrected chi connectivity index (χ1v) is 9.97. The maximum Gasteiger partial charge on any atom is 0.255 e. The topological polar surface area (TPSA) is 97.6 Å². The zero-order valence-corrected chi connectivity index (χ0v) is 16.0. The Morgan fingerprint density at radius 1 is 1.07 bits per heavy atom. The Kier molecular flexibility index (Phi) is 6.25. The van der Waals surface area contributed by atoms with Gasteiger partial charge in [-0.2, -0.15) is 0 Å². The third kappa shape index (κ3) is 5.07. The van der Waals surface area contributed by atoms with E-state index in [1.807, 2.05) is 18.2 Å². The van der Waals surface area contributed by atoms with Crippen molar-refractivity contribution in [3.8, 4) is 0 Å². The molecule has 146 valence electrons. The third-order valence-electron chi connectivity index (χ3n) is 3.94. The fourth-order valence-electron chi connectivity index (χ4n) is 2.56. The van der Waals surface area contributed by atoms with E-state index >= 15 is 0 Å². The van der Waals surface area contributed by atoms with Gasteiger partial charge in [0.05, 0.1) is 24.3 Å². The third-order valence-corrected chi connectivity index (χ3v) is 5.36. The molecular weight excluding hydrogens is 380 g/mol. The maximum absolute atomic E-state index is 12.4. The minimum atomic E-state index is -3.71. The summed E-state index contributed by atoms with van der Waals surface area (Å²) >= 11 is 0. The largest absolute Gasteiger partial charge is 0.468 e. The number of anilines is 1. The number of carbonyl (C=O) groups is 1. The molecule has 28 heavy (non-hydrogen) atoms. The Balaban J connectivity index is 1.66. The van der Waals surface area contributed by atoms with Gasteiger partial charge in [-0.15, -0.1) is 0 Å². The van der Waals surface area contributed by atoms with E-state index in [2.05, 4.69) is 10.0 Å². The highest BCUT2D eigenvalue weighted by Crippen LogP contribution is 2.15. The van der Waals surface area contributed by atoms with Crippen molar-refractivity contribution in [2.24, 2.45) is 0 Å². The Bertz CT molecular complexity index is 1030. The number of rotatable bonds is 8. The molecule has 3 aromatic rings. The van der Waals surface area contributed by atoms with Gasteiger partial charge in [-0.1, -0.05) is 12.1 Å². The van der Waals surface area contributed by atoms with E-state index in [1.165, 1.54) is 30.5 Å². The number of amides is 1. The van der Waals surface area contributed by atoms with Gasteiger partial charge < -0.3 is 14.5 Å². The molecule has 1 heterocycles. The summed E-state index contributed by atoms with van der Waals surface area (Å²) in [6.07, 6.45) is 1.47.